The van der Waals surface area contributed by atoms with Crippen molar-refractivity contribution in [2.75, 3.05) is 0 Å². The Morgan fingerprint density at radius 1 is 1.00 bits per heavy atom. The van der Waals surface area contributed by atoms with E-state index in [0.29, 0.717) is 23.2 Å². The van der Waals surface area contributed by atoms with E-state index in [1.165, 1.54) is 18.2 Å². The van der Waals surface area contributed by atoms with Crippen LogP contribution in [0.25, 0.3) is 38.8 Å². The minimum absolute atomic E-state index is 0.0626. The minimum Gasteiger partial charge on any atom is -0.386 e. The predicted octanol–water partition coefficient (Wildman–Crippen LogP) is 4.69. The molecule has 6 rings (SSSR count). The molecule has 1 aliphatic rings. The van der Waals surface area contributed by atoms with Crippen LogP contribution >= 0.6 is 0 Å². The Balaban J connectivity index is 1.60. The van der Waals surface area contributed by atoms with Crippen molar-refractivity contribution in [2.24, 2.45) is 5.73 Å². The topological polar surface area (TPSA) is 118 Å². The van der Waals surface area contributed by atoms with Gasteiger partial charge in [-0.1, -0.05) is 42.5 Å². The lowest BCUT2D eigenvalue weighted by Crippen LogP contribution is -2.34. The summed E-state index contributed by atoms with van der Waals surface area (Å²) in [7, 11) is 0. The van der Waals surface area contributed by atoms with E-state index < -0.39 is 28.6 Å². The van der Waals surface area contributed by atoms with Gasteiger partial charge in [0, 0.05) is 5.56 Å². The fourth-order valence-electron chi connectivity index (χ4n) is 5.73. The molecular weight excluding hydrogens is 509 g/mol. The summed E-state index contributed by atoms with van der Waals surface area (Å²) in [5.41, 5.74) is 10.5. The number of nitrogens with two attached hydrogens (primary N) is 1. The first-order valence-electron chi connectivity index (χ1n) is 12.8. The molecule has 4 N–H and O–H groups in total. The van der Waals surface area contributed by atoms with Gasteiger partial charge in [0.05, 0.1) is 22.2 Å². The van der Waals surface area contributed by atoms with E-state index in [2.05, 4.69) is 4.98 Å². The Morgan fingerprint density at radius 2 is 1.73 bits per heavy atom. The van der Waals surface area contributed by atoms with Gasteiger partial charge < -0.3 is 15.8 Å². The largest absolute Gasteiger partial charge is 0.386 e. The quantitative estimate of drug-likeness (QED) is 0.303. The van der Waals surface area contributed by atoms with Crippen molar-refractivity contribution in [2.45, 2.75) is 32.8 Å². The number of hydrogen-bond acceptors (Lipinski definition) is 4. The van der Waals surface area contributed by atoms with E-state index in [0.717, 1.165) is 43.5 Å². The SMILES string of the molecule is Cc1c(-c2ccc(C(N)=O)c3c2-c2ccc(C(C)(C)O)cc2C3)cccc1-n1c(=O)[nH]c2c(F)cccc2c1=O. The first-order chi connectivity index (χ1) is 19.0. The number of carbonyl (C=O) groups excluding carboxylic acids is 1. The summed E-state index contributed by atoms with van der Waals surface area (Å²) in [6, 6.07) is 18.7. The minimum atomic E-state index is -1.03. The van der Waals surface area contributed by atoms with Crippen molar-refractivity contribution in [1.29, 1.82) is 0 Å². The zero-order valence-electron chi connectivity index (χ0n) is 22.1. The number of benzene rings is 4. The number of primary amides is 1. The molecule has 1 aliphatic carbocycles. The number of fused-ring (bicyclic) bond motifs is 4. The van der Waals surface area contributed by atoms with Crippen molar-refractivity contribution in [3.8, 4) is 27.9 Å². The van der Waals surface area contributed by atoms with Crippen LogP contribution in [0.4, 0.5) is 4.39 Å². The van der Waals surface area contributed by atoms with E-state index in [-0.39, 0.29) is 10.9 Å². The molecule has 0 aliphatic heterocycles. The number of rotatable bonds is 4. The molecule has 8 heteroatoms. The summed E-state index contributed by atoms with van der Waals surface area (Å²) in [5, 5.41) is 10.6. The van der Waals surface area contributed by atoms with Crippen molar-refractivity contribution >= 4 is 16.8 Å². The maximum atomic E-state index is 14.3. The van der Waals surface area contributed by atoms with Gasteiger partial charge in [-0.25, -0.2) is 13.8 Å². The summed E-state index contributed by atoms with van der Waals surface area (Å²) in [4.78, 5) is 41.3. The van der Waals surface area contributed by atoms with Crippen molar-refractivity contribution < 1.29 is 14.3 Å². The molecular formula is C32H26FN3O4. The number of nitrogens with zero attached hydrogens (tertiary/aromatic N) is 1. The van der Waals surface area contributed by atoms with Crippen LogP contribution in [0, 0.1) is 12.7 Å². The van der Waals surface area contributed by atoms with E-state index >= 15 is 0 Å². The number of amides is 1. The smallest absolute Gasteiger partial charge is 0.333 e. The van der Waals surface area contributed by atoms with E-state index in [9.17, 15) is 23.9 Å². The van der Waals surface area contributed by atoms with Crippen LogP contribution in [-0.4, -0.2) is 20.6 Å². The summed E-state index contributed by atoms with van der Waals surface area (Å²) in [6.07, 6.45) is 0.467. The Kier molecular flexibility index (Phi) is 5.64. The van der Waals surface area contributed by atoms with Gasteiger partial charge in [0.15, 0.2) is 0 Å². The maximum Gasteiger partial charge on any atom is 0.333 e. The van der Waals surface area contributed by atoms with Crippen LogP contribution in [0.15, 0.2) is 76.3 Å². The number of halogens is 1. The average Bonchev–Trinajstić information content (AvgIpc) is 3.28. The molecule has 7 nitrogen and oxygen atoms in total. The van der Waals surface area contributed by atoms with Gasteiger partial charge in [0.2, 0.25) is 5.91 Å². The fraction of sp³-hybridized carbons (Fsp3) is 0.156. The highest BCUT2D eigenvalue weighted by molar-refractivity contribution is 6.02. The molecule has 5 aromatic rings. The average molecular weight is 536 g/mol. The predicted molar refractivity (Wildman–Crippen MR) is 152 cm³/mol. The van der Waals surface area contributed by atoms with Gasteiger partial charge in [-0.2, -0.15) is 0 Å². The number of H-pyrrole nitrogens is 1. The molecule has 40 heavy (non-hydrogen) atoms. The van der Waals surface area contributed by atoms with Crippen LogP contribution in [0.2, 0.25) is 0 Å². The number of hydrogen-bond donors (Lipinski definition) is 3. The molecule has 0 fully saturated rings. The molecule has 0 atom stereocenters. The van der Waals surface area contributed by atoms with Gasteiger partial charge in [0.1, 0.15) is 5.82 Å². The molecule has 0 unspecified atom stereocenters. The summed E-state index contributed by atoms with van der Waals surface area (Å²) in [5.74, 6) is -1.22. The second-order valence-electron chi connectivity index (χ2n) is 10.7. The highest BCUT2D eigenvalue weighted by Gasteiger charge is 2.29. The maximum absolute atomic E-state index is 14.3. The van der Waals surface area contributed by atoms with Crippen LogP contribution < -0.4 is 17.0 Å². The van der Waals surface area contributed by atoms with Crippen LogP contribution in [-0.2, 0) is 12.0 Å². The monoisotopic (exact) mass is 535 g/mol. The van der Waals surface area contributed by atoms with E-state index in [1.807, 2.05) is 37.3 Å². The van der Waals surface area contributed by atoms with E-state index in [4.69, 9.17) is 5.73 Å². The third-order valence-corrected chi connectivity index (χ3v) is 7.75. The van der Waals surface area contributed by atoms with Crippen molar-refractivity contribution in [3.63, 3.8) is 0 Å². The van der Waals surface area contributed by atoms with E-state index in [1.54, 1.807) is 32.0 Å². The van der Waals surface area contributed by atoms with Gasteiger partial charge in [0.25, 0.3) is 5.56 Å². The molecule has 0 radical (unpaired) electrons. The molecule has 0 saturated carbocycles. The summed E-state index contributed by atoms with van der Waals surface area (Å²) in [6.45, 7) is 5.25. The zero-order chi connectivity index (χ0) is 28.5. The third-order valence-electron chi connectivity index (χ3n) is 7.75. The Labute approximate surface area is 228 Å². The van der Waals surface area contributed by atoms with Crippen LogP contribution in [0.5, 0.6) is 0 Å². The first-order valence-corrected chi connectivity index (χ1v) is 12.8. The number of nitrogens with one attached hydrogen (secondary N) is 1. The number of para-hydroxylation sites is 1. The van der Waals surface area contributed by atoms with Crippen LogP contribution in [0.3, 0.4) is 0 Å². The van der Waals surface area contributed by atoms with Crippen molar-refractivity contribution in [1.82, 2.24) is 9.55 Å². The van der Waals surface area contributed by atoms with Gasteiger partial charge in [-0.05, 0) is 96.0 Å². The highest BCUT2D eigenvalue weighted by Crippen LogP contribution is 2.46. The Morgan fingerprint density at radius 3 is 2.45 bits per heavy atom. The molecule has 1 aromatic heterocycles. The number of carbonyl (C=O) groups is 1. The fourth-order valence-corrected chi connectivity index (χ4v) is 5.73. The molecule has 1 amide bonds. The first kappa shape index (κ1) is 25.5. The molecule has 0 bridgehead atoms. The third kappa shape index (κ3) is 3.79. The Bertz CT molecular complexity index is 2010. The molecule has 200 valence electrons. The van der Waals surface area contributed by atoms with Gasteiger partial charge >= 0.3 is 5.69 Å². The zero-order valence-corrected chi connectivity index (χ0v) is 22.1. The lowest BCUT2D eigenvalue weighted by molar-refractivity contribution is 0.0785. The molecule has 4 aromatic carbocycles. The van der Waals surface area contributed by atoms with Gasteiger partial charge in [-0.3, -0.25) is 9.59 Å². The molecule has 1 heterocycles. The Hall–Kier alpha value is -4.82. The van der Waals surface area contributed by atoms with Crippen molar-refractivity contribution in [3.05, 3.63) is 121 Å². The number of aromatic nitrogens is 2. The standard InChI is InChI=1S/C32H26FN3O4/c1-16-19(6-5-9-26(16)36-30(38)23-7-4-8-25(33)28(23)35-31(36)39)21-12-13-22(29(34)37)24-15-17-14-18(32(2,3)40)10-11-20(17)27(21)24/h4-14,40H,15H2,1-3H3,(H2,34,37)(H,35,39). The second-order valence-corrected chi connectivity index (χ2v) is 10.7. The number of aliphatic hydroxyl groups is 1. The lowest BCUT2D eigenvalue weighted by Gasteiger charge is -2.19. The highest BCUT2D eigenvalue weighted by atomic mass is 19.1. The van der Waals surface area contributed by atoms with Gasteiger partial charge in [-0.15, -0.1) is 0 Å². The summed E-state index contributed by atoms with van der Waals surface area (Å²) >= 11 is 0. The molecule has 0 saturated heterocycles. The second kappa shape index (κ2) is 8.86. The number of aromatic amines is 1. The molecule has 0 spiro atoms. The normalized spacial score (nSPS) is 12.4. The lowest BCUT2D eigenvalue weighted by atomic mass is 9.88. The van der Waals surface area contributed by atoms with Crippen LogP contribution in [0.1, 0.15) is 46.5 Å². The summed E-state index contributed by atoms with van der Waals surface area (Å²) < 4.78 is 15.3.